The van der Waals surface area contributed by atoms with Gasteiger partial charge in [-0.25, -0.2) is 8.42 Å². The van der Waals surface area contributed by atoms with Crippen molar-refractivity contribution in [1.82, 2.24) is 0 Å². The number of hydrogen-bond donors (Lipinski definition) is 2. The highest BCUT2D eigenvalue weighted by atomic mass is 35.5. The predicted molar refractivity (Wildman–Crippen MR) is 79.6 cm³/mol. The molecule has 0 aliphatic rings. The molecule has 0 fully saturated rings. The van der Waals surface area contributed by atoms with E-state index in [-0.39, 0.29) is 16.5 Å². The molecule has 20 heavy (non-hydrogen) atoms. The predicted octanol–water partition coefficient (Wildman–Crippen LogP) is 3.29. The lowest BCUT2D eigenvalue weighted by Crippen LogP contribution is -2.13. The lowest BCUT2D eigenvalue weighted by molar-refractivity contribution is 0.282. The van der Waals surface area contributed by atoms with E-state index in [4.69, 9.17) is 28.3 Å². The van der Waals surface area contributed by atoms with Crippen LogP contribution in [0.5, 0.6) is 0 Å². The van der Waals surface area contributed by atoms with Gasteiger partial charge in [0.2, 0.25) is 0 Å². The van der Waals surface area contributed by atoms with Crippen LogP contribution in [0.4, 0.5) is 5.69 Å². The number of anilines is 1. The first-order chi connectivity index (χ1) is 9.42. The van der Waals surface area contributed by atoms with E-state index < -0.39 is 10.0 Å². The van der Waals surface area contributed by atoms with E-state index in [0.29, 0.717) is 16.3 Å². The van der Waals surface area contributed by atoms with Gasteiger partial charge in [-0.3, -0.25) is 4.72 Å². The van der Waals surface area contributed by atoms with Gasteiger partial charge >= 0.3 is 0 Å². The molecule has 0 saturated heterocycles. The first-order valence-electron chi connectivity index (χ1n) is 5.60. The molecule has 4 nitrogen and oxygen atoms in total. The van der Waals surface area contributed by atoms with Crippen LogP contribution in [-0.4, -0.2) is 13.5 Å². The SMILES string of the molecule is O=S(=O)(Nc1cccc(Cl)c1)c1ccc(CO)c(Cl)c1. The van der Waals surface area contributed by atoms with Gasteiger partial charge in [0.15, 0.2) is 0 Å². The molecule has 0 aliphatic heterocycles. The Morgan fingerprint density at radius 3 is 2.45 bits per heavy atom. The molecule has 0 amide bonds. The summed E-state index contributed by atoms with van der Waals surface area (Å²) in [6, 6.07) is 10.5. The molecule has 2 aromatic rings. The zero-order chi connectivity index (χ0) is 14.8. The fourth-order valence-electron chi connectivity index (χ4n) is 1.59. The molecule has 0 saturated carbocycles. The number of hydrogen-bond acceptors (Lipinski definition) is 3. The Morgan fingerprint density at radius 2 is 1.85 bits per heavy atom. The van der Waals surface area contributed by atoms with Crippen LogP contribution in [0.25, 0.3) is 0 Å². The Balaban J connectivity index is 2.33. The van der Waals surface area contributed by atoms with Crippen LogP contribution >= 0.6 is 23.2 Å². The minimum atomic E-state index is -3.75. The van der Waals surface area contributed by atoms with Crippen LogP contribution in [0.3, 0.4) is 0 Å². The van der Waals surface area contributed by atoms with Gasteiger partial charge in [0, 0.05) is 10.0 Å². The van der Waals surface area contributed by atoms with Gasteiger partial charge in [-0.15, -0.1) is 0 Å². The number of sulfonamides is 1. The average Bonchev–Trinajstić information content (AvgIpc) is 2.38. The minimum absolute atomic E-state index is 0.0136. The Hall–Kier alpha value is -1.27. The van der Waals surface area contributed by atoms with Gasteiger partial charge in [0.1, 0.15) is 0 Å². The third-order valence-corrected chi connectivity index (χ3v) is 4.55. The second kappa shape index (κ2) is 6.01. The van der Waals surface area contributed by atoms with Crippen LogP contribution in [0.1, 0.15) is 5.56 Å². The second-order valence-corrected chi connectivity index (χ2v) is 6.55. The van der Waals surface area contributed by atoms with Gasteiger partial charge in [-0.1, -0.05) is 35.3 Å². The van der Waals surface area contributed by atoms with Crippen LogP contribution in [0, 0.1) is 0 Å². The molecule has 106 valence electrons. The Kier molecular flexibility index (Phi) is 4.55. The van der Waals surface area contributed by atoms with Gasteiger partial charge < -0.3 is 5.11 Å². The maximum atomic E-state index is 12.2. The van der Waals surface area contributed by atoms with Crippen molar-refractivity contribution >= 4 is 38.9 Å². The highest BCUT2D eigenvalue weighted by Crippen LogP contribution is 2.23. The molecule has 0 bridgehead atoms. The maximum Gasteiger partial charge on any atom is 0.261 e. The molecule has 0 radical (unpaired) electrons. The van der Waals surface area contributed by atoms with Crippen molar-refractivity contribution in [3.63, 3.8) is 0 Å². The van der Waals surface area contributed by atoms with E-state index in [0.717, 1.165) is 0 Å². The summed E-state index contributed by atoms with van der Waals surface area (Å²) in [6.07, 6.45) is 0. The largest absolute Gasteiger partial charge is 0.392 e. The van der Waals surface area contributed by atoms with Crippen molar-refractivity contribution in [3.8, 4) is 0 Å². The summed E-state index contributed by atoms with van der Waals surface area (Å²) in [5, 5.41) is 9.64. The van der Waals surface area contributed by atoms with E-state index in [9.17, 15) is 8.42 Å². The summed E-state index contributed by atoms with van der Waals surface area (Å²) >= 11 is 11.7. The molecule has 2 aromatic carbocycles. The number of aliphatic hydroxyl groups excluding tert-OH is 1. The molecule has 0 heterocycles. The van der Waals surface area contributed by atoms with Crippen molar-refractivity contribution in [2.24, 2.45) is 0 Å². The molecular formula is C13H11Cl2NO3S. The molecule has 0 spiro atoms. The third kappa shape index (κ3) is 3.43. The Morgan fingerprint density at radius 1 is 1.10 bits per heavy atom. The maximum absolute atomic E-state index is 12.2. The monoisotopic (exact) mass is 331 g/mol. The Bertz CT molecular complexity index is 732. The highest BCUT2D eigenvalue weighted by Gasteiger charge is 2.15. The minimum Gasteiger partial charge on any atom is -0.392 e. The first-order valence-corrected chi connectivity index (χ1v) is 7.84. The van der Waals surface area contributed by atoms with E-state index in [1.165, 1.54) is 24.3 Å². The summed E-state index contributed by atoms with van der Waals surface area (Å²) in [4.78, 5) is 0.0136. The Labute approximate surface area is 127 Å². The van der Waals surface area contributed by atoms with E-state index >= 15 is 0 Å². The van der Waals surface area contributed by atoms with Crippen molar-refractivity contribution in [1.29, 1.82) is 0 Å². The van der Waals surface area contributed by atoms with E-state index in [1.54, 1.807) is 18.2 Å². The molecule has 2 rings (SSSR count). The highest BCUT2D eigenvalue weighted by molar-refractivity contribution is 7.92. The van der Waals surface area contributed by atoms with E-state index in [2.05, 4.69) is 4.72 Å². The van der Waals surface area contributed by atoms with Crippen molar-refractivity contribution in [2.45, 2.75) is 11.5 Å². The fraction of sp³-hybridized carbons (Fsp3) is 0.0769. The van der Waals surface area contributed by atoms with Crippen LogP contribution in [0.2, 0.25) is 10.0 Å². The molecular weight excluding hydrogens is 321 g/mol. The zero-order valence-electron chi connectivity index (χ0n) is 10.2. The quantitative estimate of drug-likeness (QED) is 0.903. The number of halogens is 2. The summed E-state index contributed by atoms with van der Waals surface area (Å²) in [7, 11) is -3.75. The lowest BCUT2D eigenvalue weighted by atomic mass is 10.2. The topological polar surface area (TPSA) is 66.4 Å². The number of aliphatic hydroxyl groups is 1. The fourth-order valence-corrected chi connectivity index (χ4v) is 3.16. The number of benzene rings is 2. The van der Waals surface area contributed by atoms with Gasteiger partial charge in [-0.2, -0.15) is 0 Å². The smallest absolute Gasteiger partial charge is 0.261 e. The molecule has 7 heteroatoms. The lowest BCUT2D eigenvalue weighted by Gasteiger charge is -2.09. The van der Waals surface area contributed by atoms with Gasteiger partial charge in [0.25, 0.3) is 10.0 Å². The third-order valence-electron chi connectivity index (χ3n) is 2.58. The molecule has 0 aliphatic carbocycles. The summed E-state index contributed by atoms with van der Waals surface area (Å²) in [5.74, 6) is 0. The van der Waals surface area contributed by atoms with Crippen molar-refractivity contribution < 1.29 is 13.5 Å². The van der Waals surface area contributed by atoms with Crippen LogP contribution in [-0.2, 0) is 16.6 Å². The summed E-state index contributed by atoms with van der Waals surface area (Å²) < 4.78 is 26.8. The van der Waals surface area contributed by atoms with Gasteiger partial charge in [-0.05, 0) is 35.9 Å². The number of nitrogens with one attached hydrogen (secondary N) is 1. The van der Waals surface area contributed by atoms with Crippen LogP contribution in [0.15, 0.2) is 47.4 Å². The first kappa shape index (κ1) is 15.1. The molecule has 0 aromatic heterocycles. The van der Waals surface area contributed by atoms with Crippen LogP contribution < -0.4 is 4.72 Å². The molecule has 0 unspecified atom stereocenters. The average molecular weight is 332 g/mol. The van der Waals surface area contributed by atoms with E-state index in [1.807, 2.05) is 0 Å². The summed E-state index contributed by atoms with van der Waals surface area (Å²) in [5.41, 5.74) is 0.827. The van der Waals surface area contributed by atoms with Crippen molar-refractivity contribution in [3.05, 3.63) is 58.1 Å². The zero-order valence-corrected chi connectivity index (χ0v) is 12.5. The normalized spacial score (nSPS) is 11.3. The number of rotatable bonds is 4. The second-order valence-electron chi connectivity index (χ2n) is 4.03. The molecule has 0 atom stereocenters. The summed E-state index contributed by atoms with van der Waals surface area (Å²) in [6.45, 7) is -0.249. The van der Waals surface area contributed by atoms with Gasteiger partial charge in [0.05, 0.1) is 17.2 Å². The standard InChI is InChI=1S/C13H11Cl2NO3S/c14-10-2-1-3-11(6-10)16-20(18,19)12-5-4-9(8-17)13(15)7-12/h1-7,16-17H,8H2. The van der Waals surface area contributed by atoms with Crippen molar-refractivity contribution in [2.75, 3.05) is 4.72 Å². The molecule has 2 N–H and O–H groups in total.